The fourth-order valence-electron chi connectivity index (χ4n) is 2.44. The predicted octanol–water partition coefficient (Wildman–Crippen LogP) is 2.71. The summed E-state index contributed by atoms with van der Waals surface area (Å²) in [6.07, 6.45) is 6.15. The maximum Gasteiger partial charge on any atom is 0.156 e. The number of hydrogen-bond acceptors (Lipinski definition) is 3. The quantitative estimate of drug-likeness (QED) is 0.801. The summed E-state index contributed by atoms with van der Waals surface area (Å²) >= 11 is 1.53. The molecule has 1 atom stereocenters. The van der Waals surface area contributed by atoms with Crippen LogP contribution in [0.4, 0.5) is 0 Å². The van der Waals surface area contributed by atoms with E-state index in [-0.39, 0.29) is 5.92 Å². The summed E-state index contributed by atoms with van der Waals surface area (Å²) in [5.41, 5.74) is -0.463. The molecule has 0 amide bonds. The molecular formula is C12H16O2S. The average Bonchev–Trinajstić information content (AvgIpc) is 2.83. The van der Waals surface area contributed by atoms with E-state index in [4.69, 9.17) is 0 Å². The van der Waals surface area contributed by atoms with Crippen molar-refractivity contribution in [3.8, 4) is 0 Å². The topological polar surface area (TPSA) is 37.3 Å². The van der Waals surface area contributed by atoms with Crippen molar-refractivity contribution in [3.05, 3.63) is 22.4 Å². The largest absolute Gasteiger partial charge is 0.377 e. The van der Waals surface area contributed by atoms with Crippen molar-refractivity contribution in [2.24, 2.45) is 5.92 Å². The zero-order valence-corrected chi connectivity index (χ0v) is 9.50. The van der Waals surface area contributed by atoms with Gasteiger partial charge in [-0.15, -0.1) is 0 Å². The monoisotopic (exact) mass is 224 g/mol. The number of aldehydes is 1. The van der Waals surface area contributed by atoms with Gasteiger partial charge in [0, 0.05) is 5.56 Å². The molecule has 1 unspecified atom stereocenters. The number of thiophene rings is 1. The number of rotatable bonds is 3. The van der Waals surface area contributed by atoms with Crippen molar-refractivity contribution in [1.29, 1.82) is 0 Å². The Balaban J connectivity index is 2.23. The van der Waals surface area contributed by atoms with E-state index in [9.17, 15) is 9.90 Å². The van der Waals surface area contributed by atoms with E-state index in [0.717, 1.165) is 37.5 Å². The van der Waals surface area contributed by atoms with E-state index in [0.29, 0.717) is 0 Å². The standard InChI is InChI=1S/C12H16O2S/c13-9-12(14,11-6-7-15-8-11)10-4-2-1-3-5-10/h6-10,14H,1-5H2. The zero-order valence-electron chi connectivity index (χ0n) is 8.69. The highest BCUT2D eigenvalue weighted by atomic mass is 32.1. The summed E-state index contributed by atoms with van der Waals surface area (Å²) in [6, 6.07) is 1.85. The Morgan fingerprint density at radius 3 is 2.67 bits per heavy atom. The second-order valence-electron chi connectivity index (χ2n) is 4.29. The number of carbonyl (C=O) groups excluding carboxylic acids is 1. The van der Waals surface area contributed by atoms with Crippen LogP contribution >= 0.6 is 11.3 Å². The van der Waals surface area contributed by atoms with Crippen LogP contribution < -0.4 is 0 Å². The first-order valence-electron chi connectivity index (χ1n) is 5.49. The predicted molar refractivity (Wildman–Crippen MR) is 60.9 cm³/mol. The van der Waals surface area contributed by atoms with Gasteiger partial charge in [0.25, 0.3) is 0 Å². The second-order valence-corrected chi connectivity index (χ2v) is 5.07. The maximum absolute atomic E-state index is 11.2. The third kappa shape index (κ3) is 1.99. The van der Waals surface area contributed by atoms with Crippen molar-refractivity contribution in [2.75, 3.05) is 0 Å². The van der Waals surface area contributed by atoms with Crippen LogP contribution in [0.3, 0.4) is 0 Å². The van der Waals surface area contributed by atoms with E-state index in [1.165, 1.54) is 17.8 Å². The smallest absolute Gasteiger partial charge is 0.156 e. The Labute approximate surface area is 93.9 Å². The van der Waals surface area contributed by atoms with Crippen molar-refractivity contribution in [1.82, 2.24) is 0 Å². The van der Waals surface area contributed by atoms with Gasteiger partial charge in [-0.2, -0.15) is 11.3 Å². The van der Waals surface area contributed by atoms with E-state index in [1.54, 1.807) is 0 Å². The molecule has 1 aliphatic rings. The van der Waals surface area contributed by atoms with Crippen LogP contribution in [0.5, 0.6) is 0 Å². The van der Waals surface area contributed by atoms with E-state index in [2.05, 4.69) is 0 Å². The van der Waals surface area contributed by atoms with Crippen molar-refractivity contribution < 1.29 is 9.90 Å². The van der Waals surface area contributed by atoms with E-state index in [1.807, 2.05) is 16.8 Å². The van der Waals surface area contributed by atoms with Gasteiger partial charge >= 0.3 is 0 Å². The Morgan fingerprint density at radius 2 is 2.13 bits per heavy atom. The average molecular weight is 224 g/mol. The van der Waals surface area contributed by atoms with Crippen LogP contribution in [-0.4, -0.2) is 11.4 Å². The molecule has 1 heterocycles. The molecule has 0 radical (unpaired) electrons. The first-order chi connectivity index (χ1) is 7.27. The Hall–Kier alpha value is -0.670. The minimum atomic E-state index is -1.24. The summed E-state index contributed by atoms with van der Waals surface area (Å²) in [5.74, 6) is 0.110. The summed E-state index contributed by atoms with van der Waals surface area (Å²) in [4.78, 5) is 11.2. The van der Waals surface area contributed by atoms with Gasteiger partial charge in [-0.1, -0.05) is 19.3 Å². The minimum Gasteiger partial charge on any atom is -0.377 e. The molecule has 1 aromatic heterocycles. The minimum absolute atomic E-state index is 0.110. The van der Waals surface area contributed by atoms with Crippen LogP contribution in [0.1, 0.15) is 37.7 Å². The third-order valence-electron chi connectivity index (χ3n) is 3.39. The number of aliphatic hydroxyl groups is 1. The van der Waals surface area contributed by atoms with Crippen LogP contribution in [0, 0.1) is 5.92 Å². The van der Waals surface area contributed by atoms with Crippen molar-refractivity contribution in [2.45, 2.75) is 37.7 Å². The summed E-state index contributed by atoms with van der Waals surface area (Å²) in [5, 5.41) is 14.2. The number of carbonyl (C=O) groups is 1. The normalized spacial score (nSPS) is 22.2. The maximum atomic E-state index is 11.2. The van der Waals surface area contributed by atoms with Gasteiger partial charge in [0.1, 0.15) is 5.60 Å². The number of hydrogen-bond donors (Lipinski definition) is 1. The van der Waals surface area contributed by atoms with Crippen LogP contribution in [0.25, 0.3) is 0 Å². The van der Waals surface area contributed by atoms with Crippen LogP contribution in [0.15, 0.2) is 16.8 Å². The van der Waals surface area contributed by atoms with Gasteiger partial charge in [0.2, 0.25) is 0 Å². The molecule has 2 nitrogen and oxygen atoms in total. The molecular weight excluding hydrogens is 208 g/mol. The van der Waals surface area contributed by atoms with E-state index >= 15 is 0 Å². The first-order valence-corrected chi connectivity index (χ1v) is 6.43. The molecule has 82 valence electrons. The summed E-state index contributed by atoms with van der Waals surface area (Å²) in [6.45, 7) is 0. The molecule has 3 heteroatoms. The third-order valence-corrected chi connectivity index (χ3v) is 4.07. The van der Waals surface area contributed by atoms with Crippen molar-refractivity contribution in [3.63, 3.8) is 0 Å². The molecule has 1 aliphatic carbocycles. The van der Waals surface area contributed by atoms with Gasteiger partial charge in [-0.05, 0) is 35.6 Å². The molecule has 0 spiro atoms. The lowest BCUT2D eigenvalue weighted by atomic mass is 9.75. The molecule has 1 aromatic rings. The molecule has 1 saturated carbocycles. The highest BCUT2D eigenvalue weighted by Crippen LogP contribution is 2.38. The molecule has 0 bridgehead atoms. The van der Waals surface area contributed by atoms with Crippen LogP contribution in [-0.2, 0) is 10.4 Å². The van der Waals surface area contributed by atoms with E-state index < -0.39 is 5.60 Å². The molecule has 2 rings (SSSR count). The zero-order chi connectivity index (χ0) is 10.7. The summed E-state index contributed by atoms with van der Waals surface area (Å²) < 4.78 is 0. The molecule has 0 saturated heterocycles. The van der Waals surface area contributed by atoms with Gasteiger partial charge in [0.05, 0.1) is 0 Å². The van der Waals surface area contributed by atoms with Gasteiger partial charge in [0.15, 0.2) is 6.29 Å². The summed E-state index contributed by atoms with van der Waals surface area (Å²) in [7, 11) is 0. The Morgan fingerprint density at radius 1 is 1.40 bits per heavy atom. The Kier molecular flexibility index (Phi) is 3.22. The lowest BCUT2D eigenvalue weighted by Gasteiger charge is -2.33. The fraction of sp³-hybridized carbons (Fsp3) is 0.583. The van der Waals surface area contributed by atoms with Gasteiger partial charge in [-0.3, -0.25) is 4.79 Å². The van der Waals surface area contributed by atoms with Gasteiger partial charge in [-0.25, -0.2) is 0 Å². The second kappa shape index (κ2) is 4.45. The highest BCUT2D eigenvalue weighted by molar-refractivity contribution is 7.08. The lowest BCUT2D eigenvalue weighted by Crippen LogP contribution is -2.37. The first kappa shape index (κ1) is 10.8. The highest BCUT2D eigenvalue weighted by Gasteiger charge is 2.38. The molecule has 1 N–H and O–H groups in total. The Bertz CT molecular complexity index is 314. The molecule has 15 heavy (non-hydrogen) atoms. The van der Waals surface area contributed by atoms with Crippen LogP contribution in [0.2, 0.25) is 0 Å². The fourth-order valence-corrected chi connectivity index (χ4v) is 3.15. The lowest BCUT2D eigenvalue weighted by molar-refractivity contribution is -0.132. The van der Waals surface area contributed by atoms with Crippen molar-refractivity contribution >= 4 is 17.6 Å². The van der Waals surface area contributed by atoms with Gasteiger partial charge < -0.3 is 5.11 Å². The SMILES string of the molecule is O=CC(O)(c1ccsc1)C1CCCCC1. The molecule has 1 fully saturated rings. The molecule has 0 aromatic carbocycles. The molecule has 0 aliphatic heterocycles.